The Labute approximate surface area is 186 Å². The Kier molecular flexibility index (Phi) is 6.20. The zero-order valence-electron chi connectivity index (χ0n) is 16.9. The molecule has 4 rings (SSSR count). The number of benzene rings is 3. The van der Waals surface area contributed by atoms with E-state index in [1.54, 1.807) is 24.3 Å². The maximum atomic E-state index is 13.2. The largest absolute Gasteiger partial charge is 0.508 e. The van der Waals surface area contributed by atoms with Gasteiger partial charge < -0.3 is 20.2 Å². The number of phenols is 2. The highest BCUT2D eigenvalue weighted by molar-refractivity contribution is 7.80. The Hall–Kier alpha value is -2.96. The van der Waals surface area contributed by atoms with Crippen LogP contribution in [-0.2, 0) is 0 Å². The Morgan fingerprint density at radius 2 is 1.71 bits per heavy atom. The second kappa shape index (κ2) is 9.04. The zero-order chi connectivity index (χ0) is 22.0. The topological polar surface area (TPSA) is 63.9 Å². The maximum absolute atomic E-state index is 13.2. The molecule has 1 saturated heterocycles. The van der Waals surface area contributed by atoms with E-state index in [9.17, 15) is 19.7 Å². The molecule has 0 saturated carbocycles. The number of halogens is 1. The second-order valence-corrected chi connectivity index (χ2v) is 8.37. The van der Waals surface area contributed by atoms with Gasteiger partial charge in [0.1, 0.15) is 17.3 Å². The number of hydrogen-bond acceptors (Lipinski definition) is 4. The number of phenolic OH excluding ortho intramolecular Hbond substituents is 2. The van der Waals surface area contributed by atoms with Gasteiger partial charge in [0, 0.05) is 23.7 Å². The van der Waals surface area contributed by atoms with E-state index in [1.165, 1.54) is 18.2 Å². The number of nitrogens with zero attached hydrogens (tertiary/aromatic N) is 1. The van der Waals surface area contributed by atoms with Crippen LogP contribution in [0.4, 0.5) is 10.1 Å². The van der Waals surface area contributed by atoms with Crippen LogP contribution < -0.4 is 4.90 Å². The molecular formula is C25H24FNO3S. The van der Waals surface area contributed by atoms with Crippen LogP contribution in [0.1, 0.15) is 42.5 Å². The molecular weight excluding hydrogens is 413 g/mol. The average molecular weight is 438 g/mol. The molecule has 4 nitrogen and oxygen atoms in total. The van der Waals surface area contributed by atoms with Crippen molar-refractivity contribution in [3.63, 3.8) is 0 Å². The summed E-state index contributed by atoms with van der Waals surface area (Å²) in [6.07, 6.45) is 1.07. The van der Waals surface area contributed by atoms with Gasteiger partial charge in [-0.2, -0.15) is 0 Å². The monoisotopic (exact) mass is 437 g/mol. The van der Waals surface area contributed by atoms with Crippen LogP contribution in [0.25, 0.3) is 0 Å². The first-order valence-electron chi connectivity index (χ1n) is 10.3. The maximum Gasteiger partial charge on any atom is 0.124 e. The Balaban J connectivity index is 1.62. The molecule has 6 heteroatoms. The quantitative estimate of drug-likeness (QED) is 0.435. The van der Waals surface area contributed by atoms with Gasteiger partial charge in [-0.3, -0.25) is 0 Å². The molecule has 0 spiro atoms. The summed E-state index contributed by atoms with van der Waals surface area (Å²) < 4.78 is 13.2. The van der Waals surface area contributed by atoms with Gasteiger partial charge in [-0.1, -0.05) is 42.5 Å². The van der Waals surface area contributed by atoms with Crippen molar-refractivity contribution in [3.05, 3.63) is 89.7 Å². The molecule has 3 N–H and O–H groups in total. The normalized spacial score (nSPS) is 19.5. The molecule has 3 aromatic carbocycles. The molecule has 1 fully saturated rings. The van der Waals surface area contributed by atoms with Gasteiger partial charge in [-0.15, -0.1) is 0 Å². The molecule has 0 radical (unpaired) electrons. The van der Waals surface area contributed by atoms with Crippen molar-refractivity contribution in [1.29, 1.82) is 0 Å². The third-order valence-corrected chi connectivity index (χ3v) is 6.23. The minimum Gasteiger partial charge on any atom is -0.508 e. The van der Waals surface area contributed by atoms with Gasteiger partial charge in [0.2, 0.25) is 0 Å². The fourth-order valence-electron chi connectivity index (χ4n) is 4.35. The average Bonchev–Trinajstić information content (AvgIpc) is 3.09. The molecule has 1 aliphatic rings. The summed E-state index contributed by atoms with van der Waals surface area (Å²) in [7, 11) is 0. The lowest BCUT2D eigenvalue weighted by molar-refractivity contribution is 0.155. The number of aromatic hydroxyl groups is 2. The summed E-state index contributed by atoms with van der Waals surface area (Å²) in [5.41, 5.74) is 2.29. The minimum absolute atomic E-state index is 0.00336. The molecule has 3 aromatic rings. The predicted molar refractivity (Wildman–Crippen MR) is 123 cm³/mol. The van der Waals surface area contributed by atoms with Crippen molar-refractivity contribution in [2.45, 2.75) is 31.4 Å². The first-order valence-corrected chi connectivity index (χ1v) is 10.7. The van der Waals surface area contributed by atoms with E-state index >= 15 is 0 Å². The molecule has 0 aliphatic carbocycles. The van der Waals surface area contributed by atoms with Gasteiger partial charge in [-0.05, 0) is 60.7 Å². The number of aliphatic hydroxyl groups is 1. The number of para-hydroxylation sites is 1. The third-order valence-electron chi connectivity index (χ3n) is 5.86. The lowest BCUT2D eigenvalue weighted by Gasteiger charge is -2.31. The number of aliphatic hydroxyl groups excluding tert-OH is 1. The zero-order valence-corrected chi connectivity index (χ0v) is 17.7. The first kappa shape index (κ1) is 21.3. The van der Waals surface area contributed by atoms with Crippen molar-refractivity contribution in [3.8, 4) is 11.5 Å². The van der Waals surface area contributed by atoms with Crippen LogP contribution in [0.15, 0.2) is 72.8 Å². The fourth-order valence-corrected chi connectivity index (χ4v) is 4.79. The van der Waals surface area contributed by atoms with Crippen LogP contribution in [0.2, 0.25) is 0 Å². The van der Waals surface area contributed by atoms with Crippen molar-refractivity contribution in [1.82, 2.24) is 0 Å². The Bertz CT molecular complexity index is 1060. The second-order valence-electron chi connectivity index (χ2n) is 7.90. The standard InChI is InChI=1S/C25H24FNO3S/c26-18-9-6-16(7-10-18)22(29)13-8-17-14-24(31)27(19-4-2-1-3-5-19)25(17)21-12-11-20(28)15-23(21)30/h1-7,9-12,15,17,22,25,28-30H,8,13-14H2/t17-,22?,25+/m1/s1. The van der Waals surface area contributed by atoms with Crippen LogP contribution in [-0.4, -0.2) is 20.3 Å². The van der Waals surface area contributed by atoms with E-state index in [1.807, 2.05) is 30.3 Å². The van der Waals surface area contributed by atoms with E-state index in [0.717, 1.165) is 10.7 Å². The van der Waals surface area contributed by atoms with E-state index in [0.29, 0.717) is 30.4 Å². The summed E-state index contributed by atoms with van der Waals surface area (Å²) in [5, 5.41) is 30.9. The van der Waals surface area contributed by atoms with Crippen molar-refractivity contribution in [2.24, 2.45) is 5.92 Å². The number of thiocarbonyl (C=S) groups is 1. The fraction of sp³-hybridized carbons (Fsp3) is 0.240. The SMILES string of the molecule is Oc1ccc([C@@H]2[C@H](CCC(O)c3ccc(F)cc3)CC(=S)N2c2ccccc2)c(O)c1. The summed E-state index contributed by atoms with van der Waals surface area (Å²) in [4.78, 5) is 2.82. The van der Waals surface area contributed by atoms with E-state index in [2.05, 4.69) is 4.90 Å². The van der Waals surface area contributed by atoms with Crippen LogP contribution in [0.5, 0.6) is 11.5 Å². The van der Waals surface area contributed by atoms with Crippen LogP contribution in [0, 0.1) is 11.7 Å². The predicted octanol–water partition coefficient (Wildman–Crippen LogP) is 5.65. The van der Waals surface area contributed by atoms with E-state index in [4.69, 9.17) is 12.2 Å². The molecule has 160 valence electrons. The summed E-state index contributed by atoms with van der Waals surface area (Å²) >= 11 is 5.72. The lowest BCUT2D eigenvalue weighted by Crippen LogP contribution is -2.28. The molecule has 0 amide bonds. The number of rotatable bonds is 6. The highest BCUT2D eigenvalue weighted by atomic mass is 32.1. The summed E-state index contributed by atoms with van der Waals surface area (Å²) in [6, 6.07) is 20.1. The highest BCUT2D eigenvalue weighted by Crippen LogP contribution is 2.47. The van der Waals surface area contributed by atoms with E-state index in [-0.39, 0.29) is 29.3 Å². The third kappa shape index (κ3) is 4.55. The van der Waals surface area contributed by atoms with Gasteiger partial charge in [0.15, 0.2) is 0 Å². The molecule has 1 heterocycles. The molecule has 1 unspecified atom stereocenters. The molecule has 0 aromatic heterocycles. The van der Waals surface area contributed by atoms with Gasteiger partial charge >= 0.3 is 0 Å². The molecule has 1 aliphatic heterocycles. The molecule has 31 heavy (non-hydrogen) atoms. The summed E-state index contributed by atoms with van der Waals surface area (Å²) in [5.74, 6) is -0.271. The molecule has 3 atom stereocenters. The van der Waals surface area contributed by atoms with Crippen molar-refractivity contribution in [2.75, 3.05) is 4.90 Å². The number of hydrogen-bond donors (Lipinski definition) is 3. The molecule has 0 bridgehead atoms. The van der Waals surface area contributed by atoms with Crippen LogP contribution in [0.3, 0.4) is 0 Å². The van der Waals surface area contributed by atoms with Crippen molar-refractivity contribution < 1.29 is 19.7 Å². The number of anilines is 1. The minimum atomic E-state index is -0.714. The smallest absolute Gasteiger partial charge is 0.124 e. The Morgan fingerprint density at radius 3 is 2.39 bits per heavy atom. The van der Waals surface area contributed by atoms with Crippen molar-refractivity contribution >= 4 is 22.9 Å². The highest BCUT2D eigenvalue weighted by Gasteiger charge is 2.40. The Morgan fingerprint density at radius 1 is 1.00 bits per heavy atom. The van der Waals surface area contributed by atoms with E-state index < -0.39 is 6.10 Å². The van der Waals surface area contributed by atoms with Gasteiger partial charge in [0.25, 0.3) is 0 Å². The lowest BCUT2D eigenvalue weighted by atomic mass is 9.87. The summed E-state index contributed by atoms with van der Waals surface area (Å²) in [6.45, 7) is 0. The van der Waals surface area contributed by atoms with Gasteiger partial charge in [0.05, 0.1) is 17.1 Å². The van der Waals surface area contributed by atoms with Crippen LogP contribution >= 0.6 is 12.2 Å². The first-order chi connectivity index (χ1) is 14.9. The van der Waals surface area contributed by atoms with Gasteiger partial charge in [-0.25, -0.2) is 4.39 Å².